The Balaban J connectivity index is 1.60. The third kappa shape index (κ3) is 6.66. The number of halogens is 2. The number of amides is 1. The molecule has 4 aromatic rings. The van der Waals surface area contributed by atoms with E-state index in [0.717, 1.165) is 16.5 Å². The molecule has 39 heavy (non-hydrogen) atoms. The third-order valence-electron chi connectivity index (χ3n) is 6.14. The largest absolute Gasteiger partial charge is 0.493 e. The molecule has 1 heterocycles. The first-order valence-electron chi connectivity index (χ1n) is 12.3. The molecule has 1 atom stereocenters. The van der Waals surface area contributed by atoms with Gasteiger partial charge in [-0.05, 0) is 61.4 Å². The molecular weight excluding hydrogens is 584 g/mol. The molecule has 0 bridgehead atoms. The summed E-state index contributed by atoms with van der Waals surface area (Å²) in [6.07, 6.45) is 2.30. The fourth-order valence-electron chi connectivity index (χ4n) is 3.83. The van der Waals surface area contributed by atoms with E-state index in [1.54, 1.807) is 18.2 Å². The lowest BCUT2D eigenvalue weighted by Crippen LogP contribution is -2.23. The number of nitrogens with zero attached hydrogens (tertiary/aromatic N) is 3. The van der Waals surface area contributed by atoms with Gasteiger partial charge in [-0.3, -0.25) is 9.59 Å². The minimum atomic E-state index is -0.338. The molecule has 0 aliphatic rings. The molecular formula is C29H28BrClN4O4. The van der Waals surface area contributed by atoms with Crippen LogP contribution in [0.3, 0.4) is 0 Å². The van der Waals surface area contributed by atoms with E-state index in [4.69, 9.17) is 26.1 Å². The highest BCUT2D eigenvalue weighted by molar-refractivity contribution is 9.10. The number of fused-ring (bicyclic) bond motifs is 1. The van der Waals surface area contributed by atoms with Gasteiger partial charge in [0.25, 0.3) is 11.5 Å². The van der Waals surface area contributed by atoms with E-state index in [-0.39, 0.29) is 34.8 Å². The van der Waals surface area contributed by atoms with Crippen LogP contribution < -0.4 is 20.3 Å². The van der Waals surface area contributed by atoms with Gasteiger partial charge in [-0.15, -0.1) is 0 Å². The van der Waals surface area contributed by atoms with Gasteiger partial charge in [0.05, 0.1) is 29.2 Å². The van der Waals surface area contributed by atoms with Crippen LogP contribution in [0.4, 0.5) is 5.69 Å². The second-order valence-corrected chi connectivity index (χ2v) is 10.4. The smallest absolute Gasteiger partial charge is 0.282 e. The SMILES string of the molecule is CC[C@H](C)c1nc2ccc(Br)cc2c(=O)n1N=Cc1cc(Cl)c(OCC(=O)Nc2ccc(C)cc2)c(OC)c1. The quantitative estimate of drug-likeness (QED) is 0.217. The summed E-state index contributed by atoms with van der Waals surface area (Å²) in [5.74, 6) is 0.774. The highest BCUT2D eigenvalue weighted by atomic mass is 79.9. The molecule has 0 spiro atoms. The molecule has 0 fully saturated rings. The number of carbonyl (C=O) groups excluding carboxylic acids is 1. The predicted octanol–water partition coefficient (Wildman–Crippen LogP) is 6.54. The molecule has 0 radical (unpaired) electrons. The summed E-state index contributed by atoms with van der Waals surface area (Å²) in [4.78, 5) is 30.5. The lowest BCUT2D eigenvalue weighted by molar-refractivity contribution is -0.118. The zero-order valence-electron chi connectivity index (χ0n) is 22.0. The maximum atomic E-state index is 13.4. The number of hydrogen-bond acceptors (Lipinski definition) is 6. The van der Waals surface area contributed by atoms with Gasteiger partial charge in [-0.1, -0.05) is 59.1 Å². The Morgan fingerprint density at radius 1 is 1.21 bits per heavy atom. The maximum absolute atomic E-state index is 13.4. The van der Waals surface area contributed by atoms with Crippen LogP contribution >= 0.6 is 27.5 Å². The van der Waals surface area contributed by atoms with Crippen LogP contribution in [-0.2, 0) is 4.79 Å². The molecule has 0 saturated heterocycles. The lowest BCUT2D eigenvalue weighted by Gasteiger charge is -2.15. The molecule has 8 nitrogen and oxygen atoms in total. The summed E-state index contributed by atoms with van der Waals surface area (Å²) in [7, 11) is 1.47. The first-order valence-corrected chi connectivity index (χ1v) is 13.5. The average Bonchev–Trinajstić information content (AvgIpc) is 2.92. The van der Waals surface area contributed by atoms with E-state index < -0.39 is 0 Å². The van der Waals surface area contributed by atoms with Gasteiger partial charge in [0, 0.05) is 16.1 Å². The fraction of sp³-hybridized carbons (Fsp3) is 0.241. The molecule has 4 rings (SSSR count). The van der Waals surface area contributed by atoms with Gasteiger partial charge in [-0.2, -0.15) is 9.78 Å². The van der Waals surface area contributed by atoms with Gasteiger partial charge >= 0.3 is 0 Å². The summed E-state index contributed by atoms with van der Waals surface area (Å²) in [6, 6.07) is 16.1. The number of rotatable bonds is 9. The number of anilines is 1. The number of nitrogens with one attached hydrogen (secondary N) is 1. The molecule has 0 saturated carbocycles. The predicted molar refractivity (Wildman–Crippen MR) is 159 cm³/mol. The van der Waals surface area contributed by atoms with Crippen LogP contribution in [0.2, 0.25) is 5.02 Å². The van der Waals surface area contributed by atoms with Crippen molar-refractivity contribution < 1.29 is 14.3 Å². The van der Waals surface area contributed by atoms with Crippen molar-refractivity contribution in [2.45, 2.75) is 33.1 Å². The normalized spacial score (nSPS) is 12.1. The van der Waals surface area contributed by atoms with Crippen molar-refractivity contribution in [3.63, 3.8) is 0 Å². The minimum absolute atomic E-state index is 0.00264. The number of methoxy groups -OCH3 is 1. The van der Waals surface area contributed by atoms with Crippen molar-refractivity contribution in [2.75, 3.05) is 19.0 Å². The summed E-state index contributed by atoms with van der Waals surface area (Å²) in [5.41, 5.74) is 2.68. The number of aromatic nitrogens is 2. The van der Waals surface area contributed by atoms with Crippen molar-refractivity contribution in [2.24, 2.45) is 5.10 Å². The van der Waals surface area contributed by atoms with E-state index in [0.29, 0.717) is 33.7 Å². The summed E-state index contributed by atoms with van der Waals surface area (Å²) in [5, 5.41) is 7.94. The zero-order valence-corrected chi connectivity index (χ0v) is 24.3. The fourth-order valence-corrected chi connectivity index (χ4v) is 4.46. The molecule has 1 amide bonds. The van der Waals surface area contributed by atoms with Crippen molar-refractivity contribution >= 4 is 56.2 Å². The minimum Gasteiger partial charge on any atom is -0.493 e. The highest BCUT2D eigenvalue weighted by Crippen LogP contribution is 2.36. The molecule has 202 valence electrons. The highest BCUT2D eigenvalue weighted by Gasteiger charge is 2.17. The van der Waals surface area contributed by atoms with Crippen molar-refractivity contribution in [1.82, 2.24) is 9.66 Å². The zero-order chi connectivity index (χ0) is 28.1. The van der Waals surface area contributed by atoms with Crippen LogP contribution in [0.5, 0.6) is 11.5 Å². The molecule has 1 N–H and O–H groups in total. The first kappa shape index (κ1) is 28.3. The van der Waals surface area contributed by atoms with Crippen LogP contribution in [0.1, 0.15) is 43.1 Å². The molecule has 0 aliphatic heterocycles. The lowest BCUT2D eigenvalue weighted by atomic mass is 10.1. The van der Waals surface area contributed by atoms with E-state index in [1.807, 2.05) is 57.2 Å². The topological polar surface area (TPSA) is 94.8 Å². The van der Waals surface area contributed by atoms with Crippen LogP contribution in [0.15, 0.2) is 69.0 Å². The van der Waals surface area contributed by atoms with Gasteiger partial charge in [0.15, 0.2) is 18.1 Å². The van der Waals surface area contributed by atoms with E-state index in [1.165, 1.54) is 18.0 Å². The number of benzene rings is 3. The maximum Gasteiger partial charge on any atom is 0.282 e. The van der Waals surface area contributed by atoms with Crippen molar-refractivity contribution in [3.05, 3.63) is 91.4 Å². The van der Waals surface area contributed by atoms with Crippen LogP contribution in [0.25, 0.3) is 10.9 Å². The first-order chi connectivity index (χ1) is 18.7. The Morgan fingerprint density at radius 2 is 1.95 bits per heavy atom. The number of aryl methyl sites for hydroxylation is 1. The second-order valence-electron chi connectivity index (χ2n) is 9.04. The van der Waals surface area contributed by atoms with Gasteiger partial charge < -0.3 is 14.8 Å². The third-order valence-corrected chi connectivity index (χ3v) is 6.92. The van der Waals surface area contributed by atoms with Gasteiger partial charge in [0.2, 0.25) is 0 Å². The number of carbonyl (C=O) groups is 1. The van der Waals surface area contributed by atoms with E-state index >= 15 is 0 Å². The number of ether oxygens (including phenoxy) is 2. The molecule has 0 unspecified atom stereocenters. The Bertz CT molecular complexity index is 1600. The molecule has 3 aromatic carbocycles. The Morgan fingerprint density at radius 3 is 2.64 bits per heavy atom. The monoisotopic (exact) mass is 610 g/mol. The van der Waals surface area contributed by atoms with Gasteiger partial charge in [0.1, 0.15) is 5.82 Å². The molecule has 10 heteroatoms. The Hall–Kier alpha value is -3.69. The summed E-state index contributed by atoms with van der Waals surface area (Å²) >= 11 is 9.92. The van der Waals surface area contributed by atoms with Crippen LogP contribution in [0, 0.1) is 6.92 Å². The van der Waals surface area contributed by atoms with E-state index in [2.05, 4.69) is 26.3 Å². The van der Waals surface area contributed by atoms with Crippen molar-refractivity contribution in [1.29, 1.82) is 0 Å². The summed E-state index contributed by atoms with van der Waals surface area (Å²) < 4.78 is 13.3. The summed E-state index contributed by atoms with van der Waals surface area (Å²) in [6.45, 7) is 5.74. The number of hydrogen-bond donors (Lipinski definition) is 1. The molecule has 0 aliphatic carbocycles. The van der Waals surface area contributed by atoms with Crippen LogP contribution in [-0.4, -0.2) is 35.5 Å². The molecule has 1 aromatic heterocycles. The van der Waals surface area contributed by atoms with E-state index in [9.17, 15) is 9.59 Å². The van der Waals surface area contributed by atoms with Gasteiger partial charge in [-0.25, -0.2) is 4.98 Å². The Labute approximate surface area is 239 Å². The standard InChI is InChI=1S/C29H28BrClN4O4/c1-5-18(3)28-34-24-11-8-20(30)14-22(24)29(37)35(28)32-15-19-12-23(31)27(25(13-19)38-4)39-16-26(36)33-21-9-6-17(2)7-10-21/h6-15,18H,5,16H2,1-4H3,(H,33,36)/t18-/m0/s1. The average molecular weight is 612 g/mol. The second kappa shape index (κ2) is 12.4. The Kier molecular flexibility index (Phi) is 9.04. The van der Waals surface area contributed by atoms with Crippen molar-refractivity contribution in [3.8, 4) is 11.5 Å².